The summed E-state index contributed by atoms with van der Waals surface area (Å²) in [6, 6.07) is 8.35. The Morgan fingerprint density at radius 1 is 1.33 bits per heavy atom. The molecule has 1 aromatic rings. The van der Waals surface area contributed by atoms with E-state index in [0.29, 0.717) is 0 Å². The molecule has 2 aliphatic heterocycles. The molecule has 0 spiro atoms. The first-order chi connectivity index (χ1) is 9.92. The molecule has 2 saturated heterocycles. The van der Waals surface area contributed by atoms with Gasteiger partial charge < -0.3 is 4.74 Å². The van der Waals surface area contributed by atoms with Gasteiger partial charge in [-0.1, -0.05) is 52.9 Å². The zero-order valence-corrected chi connectivity index (χ0v) is 13.1. The second-order valence-electron chi connectivity index (χ2n) is 5.29. The third kappa shape index (κ3) is 2.00. The van der Waals surface area contributed by atoms with Crippen molar-refractivity contribution in [2.75, 3.05) is 17.6 Å². The molecule has 1 aromatic carbocycles. The van der Waals surface area contributed by atoms with Crippen LogP contribution in [-0.2, 0) is 9.53 Å². The van der Waals surface area contributed by atoms with Crippen molar-refractivity contribution in [3.05, 3.63) is 35.9 Å². The Bertz CT molecular complexity index is 551. The molecule has 2 aliphatic rings. The van der Waals surface area contributed by atoms with Crippen molar-refractivity contribution in [3.8, 4) is 0 Å². The van der Waals surface area contributed by atoms with Gasteiger partial charge in [-0.25, -0.2) is 4.79 Å². The minimum Gasteiger partial charge on any atom is -0.462 e. The highest BCUT2D eigenvalue weighted by Gasteiger charge is 2.76. The number of carbonyl (C=O) groups excluding carboxylic acids is 1. The lowest BCUT2D eigenvalue weighted by molar-refractivity contribution is -0.309. The van der Waals surface area contributed by atoms with Gasteiger partial charge in [0.15, 0.2) is 0 Å². The number of benzene rings is 1. The van der Waals surface area contributed by atoms with Crippen molar-refractivity contribution in [2.24, 2.45) is 5.92 Å². The summed E-state index contributed by atoms with van der Waals surface area (Å²) in [5, 5.41) is 0. The number of ether oxygens (including phenoxy) is 1. The van der Waals surface area contributed by atoms with Gasteiger partial charge in [0, 0.05) is 16.9 Å². The lowest BCUT2D eigenvalue weighted by Crippen LogP contribution is -2.81. The van der Waals surface area contributed by atoms with E-state index in [0.717, 1.165) is 5.56 Å². The van der Waals surface area contributed by atoms with E-state index >= 15 is 0 Å². The molecule has 21 heavy (non-hydrogen) atoms. The molecular weight excluding hydrogens is 398 g/mol. The second-order valence-corrected chi connectivity index (χ2v) is 6.17. The van der Waals surface area contributed by atoms with Gasteiger partial charge in [0.25, 0.3) is 0 Å². The van der Waals surface area contributed by atoms with Gasteiger partial charge in [0.1, 0.15) is 6.61 Å². The predicted octanol–water partition coefficient (Wildman–Crippen LogP) is 2.95. The van der Waals surface area contributed by atoms with Crippen LogP contribution >= 0.6 is 22.6 Å². The quantitative estimate of drug-likeness (QED) is 0.426. The molecule has 0 aliphatic carbocycles. The minimum atomic E-state index is -4.63. The van der Waals surface area contributed by atoms with E-state index in [2.05, 4.69) is 0 Å². The number of rotatable bonds is 2. The minimum absolute atomic E-state index is 0.0331. The number of cyclic esters (lactones) is 1. The van der Waals surface area contributed by atoms with Crippen LogP contribution in [0.2, 0.25) is 0 Å². The smallest absolute Gasteiger partial charge is 0.418 e. The topological polar surface area (TPSA) is 29.5 Å². The Morgan fingerprint density at radius 2 is 2.00 bits per heavy atom. The Morgan fingerprint density at radius 3 is 2.57 bits per heavy atom. The van der Waals surface area contributed by atoms with E-state index in [4.69, 9.17) is 4.74 Å². The number of hydrogen-bond acceptors (Lipinski definition) is 3. The Kier molecular flexibility index (Phi) is 3.67. The summed E-state index contributed by atoms with van der Waals surface area (Å²) in [5.74, 6) is -1.91. The summed E-state index contributed by atoms with van der Waals surface area (Å²) in [6.45, 7) is 0.228. The van der Waals surface area contributed by atoms with Crippen molar-refractivity contribution in [1.82, 2.24) is 4.90 Å². The van der Waals surface area contributed by atoms with Crippen molar-refractivity contribution in [3.63, 3.8) is 0 Å². The Labute approximate surface area is 133 Å². The van der Waals surface area contributed by atoms with Crippen LogP contribution in [0.1, 0.15) is 11.6 Å². The van der Waals surface area contributed by atoms with Crippen molar-refractivity contribution in [2.45, 2.75) is 17.8 Å². The molecule has 3 nitrogen and oxygen atoms in total. The van der Waals surface area contributed by atoms with Crippen LogP contribution in [0, 0.1) is 5.92 Å². The average Bonchev–Trinajstić information content (AvgIpc) is 2.40. The first-order valence-corrected chi connectivity index (χ1v) is 8.07. The normalized spacial score (nSPS) is 33.0. The van der Waals surface area contributed by atoms with Crippen LogP contribution in [0.3, 0.4) is 0 Å². The van der Waals surface area contributed by atoms with Crippen molar-refractivity contribution >= 4 is 28.6 Å². The third-order valence-electron chi connectivity index (χ3n) is 4.32. The molecule has 0 aromatic heterocycles. The summed E-state index contributed by atoms with van der Waals surface area (Å²) in [7, 11) is 0. The van der Waals surface area contributed by atoms with Crippen LogP contribution in [-0.4, -0.2) is 40.2 Å². The fourth-order valence-electron chi connectivity index (χ4n) is 3.27. The fourth-order valence-corrected chi connectivity index (χ4v) is 4.18. The molecule has 2 heterocycles. The molecule has 0 saturated carbocycles. The number of alkyl halides is 4. The van der Waals surface area contributed by atoms with E-state index in [1.165, 1.54) is 4.90 Å². The summed E-state index contributed by atoms with van der Waals surface area (Å²) < 4.78 is 46.2. The standard InChI is InChI=1S/C14H13F3INO2/c15-14(16,17)13-10(6-18)7-19(13)11(8-21-12(13)20)9-4-2-1-3-5-9/h1-5,10-11H,6-8H2/t10?,11-,13?/m1/s1. The van der Waals surface area contributed by atoms with Gasteiger partial charge >= 0.3 is 12.1 Å². The molecule has 0 bridgehead atoms. The van der Waals surface area contributed by atoms with Gasteiger partial charge in [-0.2, -0.15) is 13.2 Å². The van der Waals surface area contributed by atoms with Crippen LogP contribution in [0.4, 0.5) is 13.2 Å². The lowest BCUT2D eigenvalue weighted by Gasteiger charge is -2.61. The molecule has 0 amide bonds. The van der Waals surface area contributed by atoms with Gasteiger partial charge in [0.05, 0.1) is 6.04 Å². The zero-order chi connectivity index (χ0) is 15.3. The van der Waals surface area contributed by atoms with Crippen LogP contribution in [0.15, 0.2) is 30.3 Å². The van der Waals surface area contributed by atoms with E-state index in [1.807, 2.05) is 22.6 Å². The van der Waals surface area contributed by atoms with E-state index in [9.17, 15) is 18.0 Å². The van der Waals surface area contributed by atoms with Crippen molar-refractivity contribution < 1.29 is 22.7 Å². The lowest BCUT2D eigenvalue weighted by atomic mass is 9.71. The fraction of sp³-hybridized carbons (Fsp3) is 0.500. The maximum atomic E-state index is 13.7. The van der Waals surface area contributed by atoms with Crippen LogP contribution in [0.25, 0.3) is 0 Å². The highest BCUT2D eigenvalue weighted by atomic mass is 127. The van der Waals surface area contributed by atoms with Crippen LogP contribution in [0.5, 0.6) is 0 Å². The van der Waals surface area contributed by atoms with Crippen LogP contribution < -0.4 is 0 Å². The van der Waals surface area contributed by atoms with Crippen molar-refractivity contribution in [1.29, 1.82) is 0 Å². The van der Waals surface area contributed by atoms with E-state index in [-0.39, 0.29) is 17.6 Å². The Balaban J connectivity index is 2.03. The average molecular weight is 411 g/mol. The number of hydrogen-bond donors (Lipinski definition) is 0. The summed E-state index contributed by atoms with van der Waals surface area (Å²) >= 11 is 1.90. The molecule has 0 N–H and O–H groups in total. The summed E-state index contributed by atoms with van der Waals surface area (Å²) in [4.78, 5) is 13.2. The van der Waals surface area contributed by atoms with Gasteiger partial charge in [0.2, 0.25) is 5.54 Å². The van der Waals surface area contributed by atoms with Gasteiger partial charge in [-0.05, 0) is 5.56 Å². The number of carbonyl (C=O) groups is 1. The monoisotopic (exact) mass is 411 g/mol. The third-order valence-corrected chi connectivity index (χ3v) is 5.39. The number of morpholine rings is 1. The van der Waals surface area contributed by atoms with Gasteiger partial charge in [-0.3, -0.25) is 4.90 Å². The largest absolute Gasteiger partial charge is 0.462 e. The molecule has 114 valence electrons. The number of nitrogens with zero attached hydrogens (tertiary/aromatic N) is 1. The molecular formula is C14H13F3INO2. The number of esters is 1. The summed E-state index contributed by atoms with van der Waals surface area (Å²) in [6.07, 6.45) is -4.63. The molecule has 3 rings (SSSR count). The first-order valence-electron chi connectivity index (χ1n) is 6.54. The zero-order valence-electron chi connectivity index (χ0n) is 10.9. The Hall–Kier alpha value is -0.830. The molecule has 2 fully saturated rings. The molecule has 3 atom stereocenters. The predicted molar refractivity (Wildman–Crippen MR) is 78.0 cm³/mol. The van der Waals surface area contributed by atoms with Gasteiger partial charge in [-0.15, -0.1) is 0 Å². The first kappa shape index (κ1) is 15.1. The summed E-state index contributed by atoms with van der Waals surface area (Å²) in [5.41, 5.74) is -1.74. The highest BCUT2D eigenvalue weighted by molar-refractivity contribution is 14.1. The molecule has 2 unspecified atom stereocenters. The second kappa shape index (κ2) is 5.12. The molecule has 7 heteroatoms. The number of fused-ring (bicyclic) bond motifs is 1. The highest BCUT2D eigenvalue weighted by Crippen LogP contribution is 2.55. The van der Waals surface area contributed by atoms with E-state index < -0.39 is 29.6 Å². The SMILES string of the molecule is O=C1OC[C@H](c2ccccc2)N2CC(CI)C12C(F)(F)F. The molecule has 0 radical (unpaired) electrons. The maximum Gasteiger partial charge on any atom is 0.418 e. The maximum absolute atomic E-state index is 13.7. The van der Waals surface area contributed by atoms with E-state index in [1.54, 1.807) is 30.3 Å². The number of halogens is 4.